The molecule has 1 spiro atoms. The largest absolute Gasteiger partial charge is 0.508 e. The fourth-order valence-corrected chi connectivity index (χ4v) is 4.36. The number of aromatic hydroxyl groups is 1. The third-order valence-electron chi connectivity index (χ3n) is 5.91. The molecule has 0 saturated carbocycles. The van der Waals surface area contributed by atoms with Gasteiger partial charge < -0.3 is 14.7 Å². The summed E-state index contributed by atoms with van der Waals surface area (Å²) in [6.45, 7) is 4.39. The SMILES string of the molecule is CN1c2ccccc2C(C)(C)[C@]12C=Nc1c(ccc3ccc(O)cc13)O2. The normalized spacial score (nSPS) is 22.3. The average molecular weight is 344 g/mol. The van der Waals surface area contributed by atoms with E-state index < -0.39 is 5.72 Å². The maximum atomic E-state index is 9.88. The number of rotatable bonds is 0. The van der Waals surface area contributed by atoms with Crippen molar-refractivity contribution in [1.82, 2.24) is 0 Å². The van der Waals surface area contributed by atoms with E-state index in [-0.39, 0.29) is 11.2 Å². The fourth-order valence-electron chi connectivity index (χ4n) is 4.36. The Hall–Kier alpha value is -3.01. The number of likely N-dealkylation sites (N-methyl/N-ethyl adjacent to an activating group) is 1. The smallest absolute Gasteiger partial charge is 0.228 e. The van der Waals surface area contributed by atoms with Crippen molar-refractivity contribution in [3.05, 3.63) is 60.2 Å². The number of benzene rings is 3. The van der Waals surface area contributed by atoms with Crippen LogP contribution < -0.4 is 9.64 Å². The predicted octanol–water partition coefficient (Wildman–Crippen LogP) is 4.76. The number of phenolic OH excluding ortho intramolecular Hbond substituents is 1. The number of phenols is 1. The molecule has 0 aromatic heterocycles. The van der Waals surface area contributed by atoms with Crippen molar-refractivity contribution < 1.29 is 9.84 Å². The summed E-state index contributed by atoms with van der Waals surface area (Å²) < 4.78 is 6.63. The number of nitrogens with zero attached hydrogens (tertiary/aromatic N) is 2. The molecule has 0 bridgehead atoms. The van der Waals surface area contributed by atoms with E-state index in [2.05, 4.69) is 50.1 Å². The number of aliphatic imine (C=N–C) groups is 1. The standard InChI is InChI=1S/C22H20N2O2/c1-21(2)17-6-4-5-7-18(17)24(3)22(21)13-23-20-16-12-15(25)10-8-14(16)9-11-19(20)26-22/h4-13,25H,1-3H3/t22-/m1/s1. The zero-order chi connectivity index (χ0) is 18.1. The Labute approximate surface area is 152 Å². The molecule has 3 aromatic rings. The molecule has 130 valence electrons. The lowest BCUT2D eigenvalue weighted by Gasteiger charge is -2.45. The number of hydrogen-bond donors (Lipinski definition) is 1. The maximum absolute atomic E-state index is 9.88. The highest BCUT2D eigenvalue weighted by Gasteiger charge is 2.58. The number of ether oxygens (including phenoxy) is 1. The molecule has 5 rings (SSSR count). The van der Waals surface area contributed by atoms with Crippen LogP contribution in [0.5, 0.6) is 11.5 Å². The molecule has 2 aliphatic heterocycles. The molecule has 0 aliphatic carbocycles. The number of hydrogen-bond acceptors (Lipinski definition) is 4. The van der Waals surface area contributed by atoms with Crippen molar-refractivity contribution in [3.8, 4) is 11.5 Å². The van der Waals surface area contributed by atoms with Gasteiger partial charge in [-0.25, -0.2) is 0 Å². The van der Waals surface area contributed by atoms with Gasteiger partial charge in [0.15, 0.2) is 0 Å². The van der Waals surface area contributed by atoms with Crippen molar-refractivity contribution >= 4 is 28.4 Å². The van der Waals surface area contributed by atoms with Gasteiger partial charge in [-0.2, -0.15) is 0 Å². The second kappa shape index (κ2) is 4.79. The molecule has 1 N–H and O–H groups in total. The minimum atomic E-state index is -0.686. The van der Waals surface area contributed by atoms with Crippen LogP contribution in [0.1, 0.15) is 19.4 Å². The van der Waals surface area contributed by atoms with E-state index in [1.165, 1.54) is 5.56 Å². The Morgan fingerprint density at radius 1 is 1.04 bits per heavy atom. The first-order valence-corrected chi connectivity index (χ1v) is 8.77. The highest BCUT2D eigenvalue weighted by atomic mass is 16.5. The van der Waals surface area contributed by atoms with E-state index in [9.17, 15) is 5.11 Å². The van der Waals surface area contributed by atoms with Gasteiger partial charge in [0.25, 0.3) is 0 Å². The van der Waals surface area contributed by atoms with Crippen LogP contribution in [-0.4, -0.2) is 24.1 Å². The van der Waals surface area contributed by atoms with Crippen LogP contribution in [-0.2, 0) is 5.41 Å². The molecule has 0 amide bonds. The summed E-state index contributed by atoms with van der Waals surface area (Å²) in [7, 11) is 2.05. The van der Waals surface area contributed by atoms with Gasteiger partial charge in [-0.1, -0.05) is 30.3 Å². The topological polar surface area (TPSA) is 45.1 Å². The minimum Gasteiger partial charge on any atom is -0.508 e. The van der Waals surface area contributed by atoms with Crippen molar-refractivity contribution in [2.45, 2.75) is 25.0 Å². The van der Waals surface area contributed by atoms with Crippen LogP contribution in [0.2, 0.25) is 0 Å². The summed E-state index contributed by atoms with van der Waals surface area (Å²) in [6, 6.07) is 17.7. The van der Waals surface area contributed by atoms with Gasteiger partial charge in [0.05, 0.1) is 11.6 Å². The third kappa shape index (κ3) is 1.71. The van der Waals surface area contributed by atoms with Crippen molar-refractivity contribution in [2.75, 3.05) is 11.9 Å². The first-order chi connectivity index (χ1) is 12.4. The van der Waals surface area contributed by atoms with Crippen molar-refractivity contribution in [2.24, 2.45) is 4.99 Å². The summed E-state index contributed by atoms with van der Waals surface area (Å²) >= 11 is 0. The number of fused-ring (bicyclic) bond motifs is 4. The highest BCUT2D eigenvalue weighted by molar-refractivity contribution is 6.00. The third-order valence-corrected chi connectivity index (χ3v) is 5.91. The first-order valence-electron chi connectivity index (χ1n) is 8.77. The van der Waals surface area contributed by atoms with Gasteiger partial charge >= 0.3 is 0 Å². The molecular weight excluding hydrogens is 324 g/mol. The van der Waals surface area contributed by atoms with Crippen LogP contribution in [0.3, 0.4) is 0 Å². The summed E-state index contributed by atoms with van der Waals surface area (Å²) in [5, 5.41) is 11.8. The van der Waals surface area contributed by atoms with Crippen LogP contribution in [0.4, 0.5) is 11.4 Å². The minimum absolute atomic E-state index is 0.229. The molecular formula is C22H20N2O2. The van der Waals surface area contributed by atoms with Crippen LogP contribution in [0.15, 0.2) is 59.6 Å². The van der Waals surface area contributed by atoms with E-state index in [4.69, 9.17) is 9.73 Å². The molecule has 0 fully saturated rings. The second-order valence-electron chi connectivity index (χ2n) is 7.58. The monoisotopic (exact) mass is 344 g/mol. The summed E-state index contributed by atoms with van der Waals surface area (Å²) in [4.78, 5) is 6.99. The zero-order valence-corrected chi connectivity index (χ0v) is 15.0. The molecule has 4 nitrogen and oxygen atoms in total. The maximum Gasteiger partial charge on any atom is 0.228 e. The van der Waals surface area contributed by atoms with Crippen molar-refractivity contribution in [1.29, 1.82) is 0 Å². The average Bonchev–Trinajstić information content (AvgIpc) is 2.80. The van der Waals surface area contributed by atoms with Gasteiger partial charge in [0.1, 0.15) is 17.2 Å². The molecule has 0 radical (unpaired) electrons. The van der Waals surface area contributed by atoms with E-state index in [0.29, 0.717) is 0 Å². The van der Waals surface area contributed by atoms with E-state index >= 15 is 0 Å². The Balaban J connectivity index is 1.72. The fraction of sp³-hybridized carbons (Fsp3) is 0.227. The van der Waals surface area contributed by atoms with Gasteiger partial charge in [0.2, 0.25) is 5.72 Å². The molecule has 26 heavy (non-hydrogen) atoms. The van der Waals surface area contributed by atoms with Gasteiger partial charge in [-0.3, -0.25) is 4.99 Å². The lowest BCUT2D eigenvalue weighted by molar-refractivity contribution is 0.0826. The van der Waals surface area contributed by atoms with Crippen molar-refractivity contribution in [3.63, 3.8) is 0 Å². The molecule has 4 heteroatoms. The second-order valence-corrected chi connectivity index (χ2v) is 7.58. The van der Waals surface area contributed by atoms with Gasteiger partial charge in [0, 0.05) is 18.1 Å². The Morgan fingerprint density at radius 3 is 2.62 bits per heavy atom. The lowest BCUT2D eigenvalue weighted by atomic mass is 9.77. The van der Waals surface area contributed by atoms with Crippen LogP contribution in [0, 0.1) is 0 Å². The quantitative estimate of drug-likeness (QED) is 0.639. The Kier molecular flexibility index (Phi) is 2.81. The molecule has 2 aliphatic rings. The van der Waals surface area contributed by atoms with E-state index in [0.717, 1.165) is 27.9 Å². The molecule has 0 unspecified atom stereocenters. The molecule has 0 saturated heterocycles. The van der Waals surface area contributed by atoms with Crippen LogP contribution >= 0.6 is 0 Å². The summed E-state index contributed by atoms with van der Waals surface area (Å²) in [6.07, 6.45) is 1.92. The molecule has 1 atom stereocenters. The van der Waals surface area contributed by atoms with Crippen LogP contribution in [0.25, 0.3) is 10.8 Å². The van der Waals surface area contributed by atoms with Gasteiger partial charge in [-0.05, 0) is 49.1 Å². The van der Waals surface area contributed by atoms with Gasteiger partial charge in [-0.15, -0.1) is 0 Å². The first kappa shape index (κ1) is 15.3. The number of anilines is 1. The predicted molar refractivity (Wildman–Crippen MR) is 105 cm³/mol. The molecule has 3 aromatic carbocycles. The van der Waals surface area contributed by atoms with E-state index in [1.807, 2.05) is 24.4 Å². The zero-order valence-electron chi connectivity index (χ0n) is 15.0. The lowest BCUT2D eigenvalue weighted by Crippen LogP contribution is -2.61. The summed E-state index contributed by atoms with van der Waals surface area (Å²) in [5.74, 6) is 0.963. The molecule has 2 heterocycles. The van der Waals surface area contributed by atoms with E-state index in [1.54, 1.807) is 12.1 Å². The highest BCUT2D eigenvalue weighted by Crippen LogP contribution is 2.54. The Bertz CT molecular complexity index is 1090. The Morgan fingerprint density at radius 2 is 1.81 bits per heavy atom. The number of para-hydroxylation sites is 1. The summed E-state index contributed by atoms with van der Waals surface area (Å²) in [5.41, 5.74) is 2.22.